The van der Waals surface area contributed by atoms with Gasteiger partial charge >= 0.3 is 221 Å². The normalized spacial score (nSPS) is 22.1. The van der Waals surface area contributed by atoms with Gasteiger partial charge in [0.2, 0.25) is 0 Å². The molecule has 38 heavy (non-hydrogen) atoms. The van der Waals surface area contributed by atoms with Crippen LogP contribution in [-0.2, 0) is 18.9 Å². The summed E-state index contributed by atoms with van der Waals surface area (Å²) in [5.41, 5.74) is -1.36. The predicted molar refractivity (Wildman–Crippen MR) is 140 cm³/mol. The van der Waals surface area contributed by atoms with Crippen molar-refractivity contribution in [1.29, 1.82) is 0 Å². The first-order valence-electron chi connectivity index (χ1n) is 11.8. The van der Waals surface area contributed by atoms with Crippen LogP contribution in [0, 0.1) is 0 Å². The van der Waals surface area contributed by atoms with Crippen molar-refractivity contribution in [2.45, 2.75) is 24.1 Å². The Morgan fingerprint density at radius 3 is 1.95 bits per heavy atom. The molecule has 190 valence electrons. The summed E-state index contributed by atoms with van der Waals surface area (Å²) in [5.74, 6) is -1.36. The van der Waals surface area contributed by atoms with Crippen molar-refractivity contribution in [3.05, 3.63) is 120 Å². The van der Waals surface area contributed by atoms with Gasteiger partial charge in [-0.3, -0.25) is 0 Å². The Kier molecular flexibility index (Phi) is 8.78. The van der Waals surface area contributed by atoms with E-state index in [0.29, 0.717) is 11.1 Å². The minimum absolute atomic E-state index is 0.243. The molecule has 0 bridgehead atoms. The molecule has 0 spiro atoms. The fourth-order valence-electron chi connectivity index (χ4n) is 3.87. The SMILES string of the molecule is C=C[C@]1(O)[C@@H](OC(=O)c2ccccc2)O[C@H](COC(=O)c2ccccc2)[C@H]1OB=BC(=O)c1ccccc1. The van der Waals surface area contributed by atoms with Gasteiger partial charge in [-0.15, -0.1) is 0 Å². The summed E-state index contributed by atoms with van der Waals surface area (Å²) in [6.07, 6.45) is -2.71. The fraction of sp³-hybridized carbons (Fsp3) is 0.179. The number of esters is 2. The van der Waals surface area contributed by atoms with Gasteiger partial charge < -0.3 is 0 Å². The van der Waals surface area contributed by atoms with Crippen molar-refractivity contribution in [1.82, 2.24) is 0 Å². The molecule has 1 N–H and O–H groups in total. The first-order valence-corrected chi connectivity index (χ1v) is 11.8. The van der Waals surface area contributed by atoms with Gasteiger partial charge in [0, 0.05) is 0 Å². The van der Waals surface area contributed by atoms with E-state index in [2.05, 4.69) is 6.58 Å². The third kappa shape index (κ3) is 6.22. The van der Waals surface area contributed by atoms with E-state index < -0.39 is 36.0 Å². The van der Waals surface area contributed by atoms with E-state index in [1.807, 2.05) is 0 Å². The molecular formula is C28H24B2O8. The molecule has 0 radical (unpaired) electrons. The van der Waals surface area contributed by atoms with Crippen LogP contribution in [0.5, 0.6) is 0 Å². The van der Waals surface area contributed by atoms with Crippen LogP contribution in [0.1, 0.15) is 31.1 Å². The molecule has 3 aromatic carbocycles. The summed E-state index contributed by atoms with van der Waals surface area (Å²) in [7, 11) is 1.12. The van der Waals surface area contributed by atoms with Crippen LogP contribution in [0.15, 0.2) is 104 Å². The number of aliphatic hydroxyl groups is 1. The fourth-order valence-corrected chi connectivity index (χ4v) is 3.87. The third-order valence-electron chi connectivity index (χ3n) is 5.91. The topological polar surface area (TPSA) is 108 Å². The first kappa shape index (κ1) is 26.9. The number of hydrogen-bond acceptors (Lipinski definition) is 8. The molecule has 4 rings (SSSR count). The number of carbonyl (C=O) groups excluding carboxylic acids is 3. The Balaban J connectivity index is 1.53. The van der Waals surface area contributed by atoms with Crippen molar-refractivity contribution < 1.29 is 38.4 Å². The van der Waals surface area contributed by atoms with Gasteiger partial charge in [-0.2, -0.15) is 0 Å². The van der Waals surface area contributed by atoms with E-state index in [9.17, 15) is 19.5 Å². The monoisotopic (exact) mass is 510 g/mol. The second-order valence-electron chi connectivity index (χ2n) is 8.42. The van der Waals surface area contributed by atoms with Crippen LogP contribution >= 0.6 is 0 Å². The Labute approximate surface area is 220 Å². The van der Waals surface area contributed by atoms with E-state index in [4.69, 9.17) is 18.9 Å². The summed E-state index contributed by atoms with van der Waals surface area (Å²) in [5, 5.41) is 11.4. The van der Waals surface area contributed by atoms with Gasteiger partial charge in [-0.05, 0) is 0 Å². The standard InChI is InChI=1S/C28H24B2O8/c1-2-28(34)23(38-30-29-24(31)19-12-6-3-7-13-19)22(18-35-25(32)20-14-8-4-9-15-20)36-27(28)37-26(33)21-16-10-5-11-17-21/h2-17,22-23,27,34H,1,18H2/t22-,23-,27-,28-/m1/s1. The maximum absolute atomic E-state index is 12.7. The molecule has 1 fully saturated rings. The van der Waals surface area contributed by atoms with Crippen molar-refractivity contribution >= 4 is 31.4 Å². The number of ether oxygens (including phenoxy) is 3. The molecule has 0 aliphatic carbocycles. The van der Waals surface area contributed by atoms with E-state index >= 15 is 0 Å². The van der Waals surface area contributed by atoms with E-state index in [0.717, 1.165) is 13.1 Å². The van der Waals surface area contributed by atoms with Gasteiger partial charge in [0.05, 0.1) is 0 Å². The summed E-state index contributed by atoms with van der Waals surface area (Å²) >= 11 is 0. The number of carbonyl (C=O) groups is 3. The molecule has 0 saturated carbocycles. The Hall–Kier alpha value is -4.14. The molecule has 8 nitrogen and oxygen atoms in total. The zero-order valence-electron chi connectivity index (χ0n) is 20.3. The van der Waals surface area contributed by atoms with Crippen LogP contribution in [-0.4, -0.2) is 67.2 Å². The second-order valence-corrected chi connectivity index (χ2v) is 8.42. The molecule has 0 unspecified atom stereocenters. The Morgan fingerprint density at radius 1 is 0.868 bits per heavy atom. The molecule has 0 aromatic heterocycles. The quantitative estimate of drug-likeness (QED) is 0.252. The molecule has 1 heterocycles. The molecule has 3 aromatic rings. The second kappa shape index (κ2) is 12.4. The van der Waals surface area contributed by atoms with Crippen LogP contribution in [0.2, 0.25) is 0 Å². The molecule has 10 heteroatoms. The van der Waals surface area contributed by atoms with E-state index in [1.54, 1.807) is 91.0 Å². The Bertz CT molecular complexity index is 1300. The number of benzene rings is 3. The van der Waals surface area contributed by atoms with Crippen LogP contribution in [0.25, 0.3) is 0 Å². The average Bonchev–Trinajstić information content (AvgIpc) is 3.23. The van der Waals surface area contributed by atoms with Crippen LogP contribution in [0.3, 0.4) is 0 Å². The van der Waals surface area contributed by atoms with E-state index in [1.165, 1.54) is 6.80 Å². The van der Waals surface area contributed by atoms with Crippen molar-refractivity contribution in [3.8, 4) is 0 Å². The Morgan fingerprint density at radius 2 is 1.39 bits per heavy atom. The van der Waals surface area contributed by atoms with Crippen molar-refractivity contribution in [2.75, 3.05) is 6.61 Å². The minimum atomic E-state index is -2.03. The van der Waals surface area contributed by atoms with Gasteiger partial charge in [-0.25, -0.2) is 0 Å². The van der Waals surface area contributed by atoms with Crippen molar-refractivity contribution in [3.63, 3.8) is 0 Å². The molecular weight excluding hydrogens is 486 g/mol. The molecule has 1 aliphatic heterocycles. The van der Waals surface area contributed by atoms with Gasteiger partial charge in [0.15, 0.2) is 0 Å². The van der Waals surface area contributed by atoms with Crippen LogP contribution < -0.4 is 0 Å². The zero-order valence-corrected chi connectivity index (χ0v) is 20.3. The first-order chi connectivity index (χ1) is 18.4. The van der Waals surface area contributed by atoms with Crippen molar-refractivity contribution in [2.24, 2.45) is 0 Å². The third-order valence-corrected chi connectivity index (χ3v) is 5.91. The zero-order chi connectivity index (χ0) is 27.0. The molecule has 1 aliphatic rings. The molecule has 0 amide bonds. The van der Waals surface area contributed by atoms with E-state index in [-0.39, 0.29) is 17.9 Å². The number of hydrogen-bond donors (Lipinski definition) is 1. The number of rotatable bonds is 10. The summed E-state index contributed by atoms with van der Waals surface area (Å²) in [6.45, 7) is 4.51. The summed E-state index contributed by atoms with van der Waals surface area (Å²) in [6, 6.07) is 25.0. The van der Waals surface area contributed by atoms with Gasteiger partial charge in [0.25, 0.3) is 0 Å². The van der Waals surface area contributed by atoms with Gasteiger partial charge in [0.1, 0.15) is 0 Å². The molecule has 4 atom stereocenters. The maximum atomic E-state index is 12.7. The molecule has 1 saturated heterocycles. The predicted octanol–water partition coefficient (Wildman–Crippen LogP) is 2.81. The average molecular weight is 510 g/mol. The summed E-state index contributed by atoms with van der Waals surface area (Å²) in [4.78, 5) is 37.6. The van der Waals surface area contributed by atoms with Gasteiger partial charge in [-0.1, -0.05) is 0 Å². The summed E-state index contributed by atoms with van der Waals surface area (Å²) < 4.78 is 22.4. The van der Waals surface area contributed by atoms with Crippen LogP contribution in [0.4, 0.5) is 0 Å².